The summed E-state index contributed by atoms with van der Waals surface area (Å²) in [5, 5.41) is 9.52. The largest absolute Gasteiger partial charge is 0.481 e. The average Bonchev–Trinajstić information content (AvgIpc) is 2.36. The molecule has 2 aliphatic carbocycles. The maximum atomic E-state index is 11.6. The lowest BCUT2D eigenvalue weighted by Crippen LogP contribution is -2.42. The van der Waals surface area contributed by atoms with Crippen LogP contribution in [0.4, 0.5) is 0 Å². The third kappa shape index (κ3) is 2.61. The number of rotatable bonds is 3. The van der Waals surface area contributed by atoms with E-state index in [9.17, 15) is 9.90 Å². The molecule has 1 aromatic rings. The Balaban J connectivity index is 1.80. The summed E-state index contributed by atoms with van der Waals surface area (Å²) in [7, 11) is 0. The van der Waals surface area contributed by atoms with Crippen molar-refractivity contribution in [3.8, 4) is 0 Å². The van der Waals surface area contributed by atoms with E-state index in [0.717, 1.165) is 24.8 Å². The Bertz CT molecular complexity index is 523. The van der Waals surface area contributed by atoms with Crippen molar-refractivity contribution in [1.29, 1.82) is 0 Å². The molecule has 114 valence electrons. The summed E-state index contributed by atoms with van der Waals surface area (Å²) in [6.45, 7) is 4.72. The third-order valence-electron chi connectivity index (χ3n) is 5.76. The molecule has 1 unspecified atom stereocenters. The van der Waals surface area contributed by atoms with Gasteiger partial charge in [0.05, 0.1) is 5.41 Å². The summed E-state index contributed by atoms with van der Waals surface area (Å²) < 4.78 is 0. The number of aliphatic carboxylic acids is 1. The fourth-order valence-electron chi connectivity index (χ4n) is 4.21. The zero-order chi connectivity index (χ0) is 15.1. The lowest BCUT2D eigenvalue weighted by molar-refractivity contribution is -0.147. The molecule has 0 bridgehead atoms. The van der Waals surface area contributed by atoms with Gasteiger partial charge in [-0.15, -0.1) is 0 Å². The van der Waals surface area contributed by atoms with Gasteiger partial charge >= 0.3 is 5.97 Å². The van der Waals surface area contributed by atoms with Gasteiger partial charge in [-0.05, 0) is 54.6 Å². The highest BCUT2D eigenvalue weighted by atomic mass is 16.4. The molecule has 0 spiro atoms. The Hall–Kier alpha value is -1.31. The van der Waals surface area contributed by atoms with Gasteiger partial charge < -0.3 is 5.11 Å². The molecule has 0 amide bonds. The van der Waals surface area contributed by atoms with E-state index < -0.39 is 11.4 Å². The van der Waals surface area contributed by atoms with E-state index in [4.69, 9.17) is 0 Å². The quantitative estimate of drug-likeness (QED) is 0.860. The van der Waals surface area contributed by atoms with Crippen molar-refractivity contribution in [3.05, 3.63) is 35.4 Å². The zero-order valence-electron chi connectivity index (χ0n) is 13.2. The van der Waals surface area contributed by atoms with Crippen molar-refractivity contribution in [2.24, 2.45) is 5.41 Å². The fourth-order valence-corrected chi connectivity index (χ4v) is 4.21. The topological polar surface area (TPSA) is 37.3 Å². The van der Waals surface area contributed by atoms with Crippen molar-refractivity contribution in [2.75, 3.05) is 0 Å². The highest BCUT2D eigenvalue weighted by Crippen LogP contribution is 2.46. The van der Waals surface area contributed by atoms with Crippen molar-refractivity contribution in [2.45, 2.75) is 70.1 Å². The molecule has 0 saturated heterocycles. The minimum atomic E-state index is -0.653. The first-order valence-electron chi connectivity index (χ1n) is 8.27. The molecule has 1 atom stereocenters. The van der Waals surface area contributed by atoms with Crippen LogP contribution in [-0.2, 0) is 10.2 Å². The van der Waals surface area contributed by atoms with Crippen LogP contribution in [0.1, 0.15) is 75.8 Å². The Morgan fingerprint density at radius 2 is 1.76 bits per heavy atom. The minimum Gasteiger partial charge on any atom is -0.481 e. The van der Waals surface area contributed by atoms with Crippen LogP contribution in [-0.4, -0.2) is 11.1 Å². The van der Waals surface area contributed by atoms with Crippen molar-refractivity contribution < 1.29 is 9.90 Å². The first-order valence-corrected chi connectivity index (χ1v) is 8.27. The van der Waals surface area contributed by atoms with E-state index in [2.05, 4.69) is 38.1 Å². The molecule has 3 rings (SSSR count). The first-order chi connectivity index (χ1) is 9.93. The number of hydrogen-bond acceptors (Lipinski definition) is 1. The summed E-state index contributed by atoms with van der Waals surface area (Å²) in [6.07, 6.45) is 7.76. The second-order valence-corrected chi connectivity index (χ2v) is 7.82. The van der Waals surface area contributed by atoms with Gasteiger partial charge in [-0.3, -0.25) is 4.79 Å². The van der Waals surface area contributed by atoms with Gasteiger partial charge in [-0.2, -0.15) is 0 Å². The van der Waals surface area contributed by atoms with E-state index in [-0.39, 0.29) is 0 Å². The summed E-state index contributed by atoms with van der Waals surface area (Å²) in [6, 6.07) is 8.52. The Morgan fingerprint density at radius 3 is 2.24 bits per heavy atom. The Kier molecular flexibility index (Phi) is 3.59. The monoisotopic (exact) mass is 286 g/mol. The minimum absolute atomic E-state index is 0.442. The van der Waals surface area contributed by atoms with E-state index in [1.54, 1.807) is 0 Å². The molecule has 2 aliphatic rings. The van der Waals surface area contributed by atoms with Crippen LogP contribution in [0.25, 0.3) is 0 Å². The Labute approximate surface area is 127 Å². The highest BCUT2D eigenvalue weighted by molar-refractivity contribution is 5.82. The van der Waals surface area contributed by atoms with E-state index in [1.165, 1.54) is 31.2 Å². The van der Waals surface area contributed by atoms with Gasteiger partial charge in [0.15, 0.2) is 0 Å². The number of carboxylic acids is 1. The van der Waals surface area contributed by atoms with Gasteiger partial charge in [-0.1, -0.05) is 51.0 Å². The smallest absolute Gasteiger partial charge is 0.314 e. The highest BCUT2D eigenvalue weighted by Gasteiger charge is 2.45. The summed E-state index contributed by atoms with van der Waals surface area (Å²) in [4.78, 5) is 11.6. The summed E-state index contributed by atoms with van der Waals surface area (Å²) in [5.41, 5.74) is 2.24. The molecule has 2 fully saturated rings. The van der Waals surface area contributed by atoms with Crippen LogP contribution in [0.15, 0.2) is 24.3 Å². The first kappa shape index (κ1) is 14.6. The summed E-state index contributed by atoms with van der Waals surface area (Å²) in [5.74, 6) is -0.00901. The third-order valence-corrected chi connectivity index (χ3v) is 5.76. The average molecular weight is 286 g/mol. The number of carboxylic acid groups (broad SMARTS) is 1. The molecule has 0 aromatic heterocycles. The van der Waals surface area contributed by atoms with Crippen LogP contribution in [0.5, 0.6) is 0 Å². The summed E-state index contributed by atoms with van der Waals surface area (Å²) >= 11 is 0. The van der Waals surface area contributed by atoms with E-state index in [0.29, 0.717) is 11.3 Å². The van der Waals surface area contributed by atoms with Gasteiger partial charge in [-0.25, -0.2) is 0 Å². The second kappa shape index (κ2) is 5.15. The molecule has 2 heteroatoms. The van der Waals surface area contributed by atoms with Crippen molar-refractivity contribution >= 4 is 5.97 Å². The van der Waals surface area contributed by atoms with Crippen LogP contribution >= 0.6 is 0 Å². The molecule has 21 heavy (non-hydrogen) atoms. The molecule has 0 aliphatic heterocycles. The maximum Gasteiger partial charge on any atom is 0.314 e. The molecular weight excluding hydrogens is 260 g/mol. The van der Waals surface area contributed by atoms with Gasteiger partial charge in [0.25, 0.3) is 0 Å². The van der Waals surface area contributed by atoms with Crippen LogP contribution in [0.2, 0.25) is 0 Å². The lowest BCUT2D eigenvalue weighted by atomic mass is 9.64. The molecule has 1 aromatic carbocycles. The predicted molar refractivity (Wildman–Crippen MR) is 84.6 cm³/mol. The van der Waals surface area contributed by atoms with Crippen LogP contribution < -0.4 is 0 Å². The molecule has 0 radical (unpaired) electrons. The fraction of sp³-hybridized carbons (Fsp3) is 0.632. The van der Waals surface area contributed by atoms with Crippen molar-refractivity contribution in [1.82, 2.24) is 0 Å². The van der Waals surface area contributed by atoms with Crippen LogP contribution in [0, 0.1) is 5.41 Å². The number of benzene rings is 1. The maximum absolute atomic E-state index is 11.6. The molecule has 0 heterocycles. The van der Waals surface area contributed by atoms with Crippen molar-refractivity contribution in [3.63, 3.8) is 0 Å². The Morgan fingerprint density at radius 1 is 1.10 bits per heavy atom. The van der Waals surface area contributed by atoms with E-state index in [1.807, 2.05) is 0 Å². The number of carbonyl (C=O) groups is 1. The molecular formula is C19H26O2. The SMILES string of the molecule is CC1(C)CCCC(c2ccc(C3(C(=O)O)CCC3)cc2)C1. The zero-order valence-corrected chi connectivity index (χ0v) is 13.2. The lowest BCUT2D eigenvalue weighted by Gasteiger charge is -2.39. The molecule has 2 nitrogen and oxygen atoms in total. The standard InChI is InChI=1S/C19H26O2/c1-18(2)10-3-5-15(13-18)14-6-8-16(9-7-14)19(17(20)21)11-4-12-19/h6-9,15H,3-5,10-13H2,1-2H3,(H,20,21). The van der Waals surface area contributed by atoms with Gasteiger partial charge in [0.2, 0.25) is 0 Å². The predicted octanol–water partition coefficient (Wildman–Crippen LogP) is 4.88. The molecule has 2 saturated carbocycles. The molecule has 1 N–H and O–H groups in total. The number of hydrogen-bond donors (Lipinski definition) is 1. The normalized spacial score (nSPS) is 26.9. The van der Waals surface area contributed by atoms with E-state index >= 15 is 0 Å². The van der Waals surface area contributed by atoms with Gasteiger partial charge in [0, 0.05) is 0 Å². The van der Waals surface area contributed by atoms with Gasteiger partial charge in [0.1, 0.15) is 0 Å². The van der Waals surface area contributed by atoms with Crippen LogP contribution in [0.3, 0.4) is 0 Å². The second-order valence-electron chi connectivity index (χ2n) is 7.82.